The number of rotatable bonds is 3. The maximum Gasteiger partial charge on any atom is 0.147 e. The molecule has 1 aromatic rings. The molecule has 0 bridgehead atoms. The molecule has 0 fully saturated rings. The molecule has 0 spiro atoms. The summed E-state index contributed by atoms with van der Waals surface area (Å²) in [5, 5.41) is 3.01. The quantitative estimate of drug-likeness (QED) is 0.809. The van der Waals surface area contributed by atoms with E-state index in [1.165, 1.54) is 11.6 Å². The molecule has 0 saturated carbocycles. The lowest BCUT2D eigenvalue weighted by Gasteiger charge is -2.07. The van der Waals surface area contributed by atoms with E-state index in [1.807, 2.05) is 26.0 Å². The third-order valence-corrected chi connectivity index (χ3v) is 2.41. The molecule has 1 aromatic carbocycles. The monoisotopic (exact) mass is 257 g/mol. The average Bonchev–Trinajstić information content (AvgIpc) is 2.09. The largest absolute Gasteiger partial charge is 0.378 e. The molecule has 3 heteroatoms. The van der Waals surface area contributed by atoms with Gasteiger partial charge in [-0.25, -0.2) is 4.39 Å². The molecule has 1 nitrogen and oxygen atoms in total. The standard InChI is InChI=1S/C11H13BrFN/c1-8(2)6-7-14-11-9(12)4-3-5-10(11)13/h3-6,14H,7H2,1-2H3. The summed E-state index contributed by atoms with van der Waals surface area (Å²) in [4.78, 5) is 0. The van der Waals surface area contributed by atoms with Crippen molar-refractivity contribution in [1.82, 2.24) is 0 Å². The molecule has 0 atom stereocenters. The number of anilines is 1. The minimum Gasteiger partial charge on any atom is -0.378 e. The summed E-state index contributed by atoms with van der Waals surface area (Å²) in [5.41, 5.74) is 1.73. The van der Waals surface area contributed by atoms with Gasteiger partial charge in [-0.15, -0.1) is 0 Å². The van der Waals surface area contributed by atoms with Crippen molar-refractivity contribution in [2.24, 2.45) is 0 Å². The molecule has 0 aliphatic rings. The third kappa shape index (κ3) is 3.14. The van der Waals surface area contributed by atoms with E-state index in [0.717, 1.165) is 4.47 Å². The van der Waals surface area contributed by atoms with Crippen LogP contribution in [0.3, 0.4) is 0 Å². The zero-order valence-corrected chi connectivity index (χ0v) is 9.86. The number of benzene rings is 1. The zero-order valence-electron chi connectivity index (χ0n) is 8.27. The first-order valence-corrected chi connectivity index (χ1v) is 5.22. The summed E-state index contributed by atoms with van der Waals surface area (Å²) in [7, 11) is 0. The van der Waals surface area contributed by atoms with Crippen molar-refractivity contribution in [1.29, 1.82) is 0 Å². The van der Waals surface area contributed by atoms with E-state index in [-0.39, 0.29) is 5.82 Å². The summed E-state index contributed by atoms with van der Waals surface area (Å²) < 4.78 is 14.0. The van der Waals surface area contributed by atoms with Crippen LogP contribution in [0.1, 0.15) is 13.8 Å². The summed E-state index contributed by atoms with van der Waals surface area (Å²) in [5.74, 6) is -0.235. The van der Waals surface area contributed by atoms with Crippen molar-refractivity contribution in [2.45, 2.75) is 13.8 Å². The van der Waals surface area contributed by atoms with E-state index in [1.54, 1.807) is 6.07 Å². The predicted octanol–water partition coefficient (Wildman–Crippen LogP) is 3.97. The normalized spacial score (nSPS) is 9.71. The lowest BCUT2D eigenvalue weighted by Crippen LogP contribution is -2.01. The van der Waals surface area contributed by atoms with Crippen LogP contribution in [0.25, 0.3) is 0 Å². The molecule has 0 aromatic heterocycles. The van der Waals surface area contributed by atoms with Gasteiger partial charge in [0.2, 0.25) is 0 Å². The van der Waals surface area contributed by atoms with E-state index in [4.69, 9.17) is 0 Å². The fourth-order valence-corrected chi connectivity index (χ4v) is 1.51. The fourth-order valence-electron chi connectivity index (χ4n) is 1.02. The predicted molar refractivity (Wildman–Crippen MR) is 62.0 cm³/mol. The number of para-hydroxylation sites is 1. The highest BCUT2D eigenvalue weighted by atomic mass is 79.9. The van der Waals surface area contributed by atoms with Crippen molar-refractivity contribution in [3.05, 3.63) is 40.1 Å². The van der Waals surface area contributed by atoms with Crippen molar-refractivity contribution in [3.63, 3.8) is 0 Å². The van der Waals surface area contributed by atoms with E-state index in [0.29, 0.717) is 12.2 Å². The molecule has 0 saturated heterocycles. The molecule has 0 aliphatic heterocycles. The van der Waals surface area contributed by atoms with E-state index in [9.17, 15) is 4.39 Å². The van der Waals surface area contributed by atoms with Crippen LogP contribution in [0.15, 0.2) is 34.3 Å². The Bertz CT molecular complexity index is 323. The fraction of sp³-hybridized carbons (Fsp3) is 0.273. The molecule has 1 N–H and O–H groups in total. The molecule has 0 unspecified atom stereocenters. The minimum absolute atomic E-state index is 0.235. The Kier molecular flexibility index (Phi) is 4.14. The van der Waals surface area contributed by atoms with Crippen LogP contribution in [0, 0.1) is 5.82 Å². The van der Waals surface area contributed by atoms with Gasteiger partial charge in [-0.2, -0.15) is 0 Å². The summed E-state index contributed by atoms with van der Waals surface area (Å²) in [6, 6.07) is 4.93. The van der Waals surface area contributed by atoms with Gasteiger partial charge in [0.05, 0.1) is 5.69 Å². The molecule has 0 heterocycles. The Morgan fingerprint density at radius 2 is 2.21 bits per heavy atom. The van der Waals surface area contributed by atoms with Gasteiger partial charge < -0.3 is 5.32 Å². The Labute approximate surface area is 92.1 Å². The minimum atomic E-state index is -0.235. The lowest BCUT2D eigenvalue weighted by atomic mass is 10.3. The van der Waals surface area contributed by atoms with Crippen LogP contribution in [-0.2, 0) is 0 Å². The maximum absolute atomic E-state index is 13.3. The topological polar surface area (TPSA) is 12.0 Å². The van der Waals surface area contributed by atoms with Gasteiger partial charge in [0.1, 0.15) is 5.82 Å². The molecular formula is C11H13BrFN. The number of hydrogen-bond donors (Lipinski definition) is 1. The SMILES string of the molecule is CC(C)=CCNc1c(F)cccc1Br. The number of halogens is 2. The van der Waals surface area contributed by atoms with Gasteiger partial charge in [0.15, 0.2) is 0 Å². The highest BCUT2D eigenvalue weighted by Gasteiger charge is 2.03. The first-order chi connectivity index (χ1) is 6.61. The first kappa shape index (κ1) is 11.2. The Morgan fingerprint density at radius 3 is 2.79 bits per heavy atom. The van der Waals surface area contributed by atoms with Crippen LogP contribution in [0.2, 0.25) is 0 Å². The molecule has 0 radical (unpaired) electrons. The third-order valence-electron chi connectivity index (χ3n) is 1.75. The Hall–Kier alpha value is -0.830. The van der Waals surface area contributed by atoms with E-state index >= 15 is 0 Å². The molecular weight excluding hydrogens is 245 g/mol. The molecule has 76 valence electrons. The van der Waals surface area contributed by atoms with Crippen LogP contribution < -0.4 is 5.32 Å². The van der Waals surface area contributed by atoms with Crippen LogP contribution in [0.4, 0.5) is 10.1 Å². The maximum atomic E-state index is 13.3. The van der Waals surface area contributed by atoms with Crippen LogP contribution >= 0.6 is 15.9 Å². The second-order valence-corrected chi connectivity index (χ2v) is 4.11. The van der Waals surface area contributed by atoms with Crippen molar-refractivity contribution in [3.8, 4) is 0 Å². The van der Waals surface area contributed by atoms with E-state index in [2.05, 4.69) is 21.2 Å². The van der Waals surface area contributed by atoms with Gasteiger partial charge in [-0.1, -0.05) is 17.7 Å². The lowest BCUT2D eigenvalue weighted by molar-refractivity contribution is 0.630. The van der Waals surface area contributed by atoms with Gasteiger partial charge in [-0.3, -0.25) is 0 Å². The van der Waals surface area contributed by atoms with Crippen LogP contribution in [0.5, 0.6) is 0 Å². The van der Waals surface area contributed by atoms with Crippen molar-refractivity contribution >= 4 is 21.6 Å². The van der Waals surface area contributed by atoms with Gasteiger partial charge in [-0.05, 0) is 41.9 Å². The first-order valence-electron chi connectivity index (χ1n) is 4.42. The van der Waals surface area contributed by atoms with Crippen molar-refractivity contribution < 1.29 is 4.39 Å². The molecule has 14 heavy (non-hydrogen) atoms. The van der Waals surface area contributed by atoms with Gasteiger partial charge >= 0.3 is 0 Å². The van der Waals surface area contributed by atoms with Gasteiger partial charge in [0.25, 0.3) is 0 Å². The van der Waals surface area contributed by atoms with Crippen molar-refractivity contribution in [2.75, 3.05) is 11.9 Å². The smallest absolute Gasteiger partial charge is 0.147 e. The number of hydrogen-bond acceptors (Lipinski definition) is 1. The Balaban J connectivity index is 2.71. The average molecular weight is 258 g/mol. The second-order valence-electron chi connectivity index (χ2n) is 3.26. The second kappa shape index (κ2) is 5.15. The number of allylic oxidation sites excluding steroid dienone is 1. The highest BCUT2D eigenvalue weighted by molar-refractivity contribution is 9.10. The van der Waals surface area contributed by atoms with Crippen LogP contribution in [-0.4, -0.2) is 6.54 Å². The number of nitrogens with one attached hydrogen (secondary N) is 1. The van der Waals surface area contributed by atoms with E-state index < -0.39 is 0 Å². The molecule has 0 aliphatic carbocycles. The summed E-state index contributed by atoms with van der Waals surface area (Å²) >= 11 is 3.29. The van der Waals surface area contributed by atoms with Gasteiger partial charge in [0, 0.05) is 11.0 Å². The summed E-state index contributed by atoms with van der Waals surface area (Å²) in [6.45, 7) is 4.66. The zero-order chi connectivity index (χ0) is 10.6. The molecule has 0 amide bonds. The summed E-state index contributed by atoms with van der Waals surface area (Å²) in [6.07, 6.45) is 2.01. The Morgan fingerprint density at radius 1 is 1.50 bits per heavy atom. The molecule has 1 rings (SSSR count). The highest BCUT2D eigenvalue weighted by Crippen LogP contribution is 2.24.